The van der Waals surface area contributed by atoms with Crippen molar-refractivity contribution in [1.29, 1.82) is 0 Å². The second-order valence-corrected chi connectivity index (χ2v) is 12.7. The third-order valence-electron chi connectivity index (χ3n) is 9.08. The van der Waals surface area contributed by atoms with Crippen LogP contribution in [0.15, 0.2) is 60.3 Å². The number of esters is 1. The molecule has 1 saturated carbocycles. The van der Waals surface area contributed by atoms with Gasteiger partial charge in [0.15, 0.2) is 6.10 Å². The predicted octanol–water partition coefficient (Wildman–Crippen LogP) is 4.76. The van der Waals surface area contributed by atoms with Gasteiger partial charge in [0.1, 0.15) is 11.7 Å². The van der Waals surface area contributed by atoms with E-state index in [-0.39, 0.29) is 31.1 Å². The number of aliphatic hydroxyl groups excluding tert-OH is 1. The van der Waals surface area contributed by atoms with E-state index in [0.717, 1.165) is 24.4 Å². The summed E-state index contributed by atoms with van der Waals surface area (Å²) in [6, 6.07) is 6.46. The summed E-state index contributed by atoms with van der Waals surface area (Å²) < 4.78 is 11.8. The molecule has 2 aliphatic heterocycles. The van der Waals surface area contributed by atoms with Crippen molar-refractivity contribution in [2.75, 3.05) is 26.2 Å². The fourth-order valence-corrected chi connectivity index (χ4v) is 5.87. The molecule has 9 heteroatoms. The predicted molar refractivity (Wildman–Crippen MR) is 165 cm³/mol. The summed E-state index contributed by atoms with van der Waals surface area (Å²) in [7, 11) is 0. The van der Waals surface area contributed by atoms with E-state index in [9.17, 15) is 19.8 Å². The topological polar surface area (TPSA) is 112 Å². The fraction of sp³-hybridized carbons (Fsp3) is 0.618. The number of allylic oxidation sites excluding steroid dienone is 3. The van der Waals surface area contributed by atoms with Crippen molar-refractivity contribution in [3.05, 3.63) is 66.0 Å². The van der Waals surface area contributed by atoms with E-state index in [0.29, 0.717) is 19.1 Å². The Morgan fingerprint density at radius 1 is 1.19 bits per heavy atom. The molecule has 0 spiro atoms. The van der Waals surface area contributed by atoms with Crippen molar-refractivity contribution in [1.82, 2.24) is 14.8 Å². The molecule has 1 saturated heterocycles. The Hall–Kier alpha value is -3.01. The van der Waals surface area contributed by atoms with Gasteiger partial charge in [-0.1, -0.05) is 50.6 Å². The molecule has 236 valence electrons. The molecule has 1 amide bonds. The van der Waals surface area contributed by atoms with Gasteiger partial charge >= 0.3 is 12.1 Å². The molecule has 0 aromatic carbocycles. The molecule has 4 rings (SSSR count). The number of nitrogens with zero attached hydrogens (tertiary/aromatic N) is 3. The highest BCUT2D eigenvalue weighted by molar-refractivity contribution is 5.70. The summed E-state index contributed by atoms with van der Waals surface area (Å²) in [5, 5.41) is 22.0. The van der Waals surface area contributed by atoms with E-state index < -0.39 is 36.0 Å². The van der Waals surface area contributed by atoms with Gasteiger partial charge in [-0.2, -0.15) is 0 Å². The monoisotopic (exact) mass is 595 g/mol. The smallest absolute Gasteiger partial charge is 0.410 e. The first kappa shape index (κ1) is 32.9. The fourth-order valence-electron chi connectivity index (χ4n) is 5.87. The maximum atomic E-state index is 13.2. The van der Waals surface area contributed by atoms with Gasteiger partial charge in [-0.05, 0) is 63.3 Å². The van der Waals surface area contributed by atoms with Crippen LogP contribution in [-0.4, -0.2) is 93.2 Å². The highest BCUT2D eigenvalue weighted by Crippen LogP contribution is 2.29. The number of cyclic esters (lactones) is 1. The molecule has 1 aromatic heterocycles. The van der Waals surface area contributed by atoms with Gasteiger partial charge in [0, 0.05) is 55.9 Å². The standard InChI is InChI=1S/C34H49N3O6/c1-24(29-13-5-6-18-35-29)9-7-10-25(2)32-26(3)14-15-30(34(4,41)17-16-28(38)23-31(39)43-32)42-33(40)37-21-19-36(20-22-37)27-11-8-12-27/h5-7,9-10,13-15,18,24,26-28,30,32,38,41H,8,11-12,16-17,19-23H2,1-4H3/b9-7+,15-14-,25-10+/t24-,26-,28-,30-,32+,34-/m0/s1. The quantitative estimate of drug-likeness (QED) is 0.275. The van der Waals surface area contributed by atoms with E-state index in [4.69, 9.17) is 9.47 Å². The lowest BCUT2D eigenvalue weighted by Crippen LogP contribution is -2.54. The molecule has 0 bridgehead atoms. The number of aromatic nitrogens is 1. The molecule has 43 heavy (non-hydrogen) atoms. The zero-order valence-corrected chi connectivity index (χ0v) is 26.1. The molecular weight excluding hydrogens is 546 g/mol. The van der Waals surface area contributed by atoms with Crippen LogP contribution in [0.2, 0.25) is 0 Å². The maximum absolute atomic E-state index is 13.2. The van der Waals surface area contributed by atoms with Gasteiger partial charge < -0.3 is 24.6 Å². The van der Waals surface area contributed by atoms with Gasteiger partial charge in [-0.15, -0.1) is 0 Å². The van der Waals surface area contributed by atoms with Crippen LogP contribution in [-0.2, 0) is 14.3 Å². The summed E-state index contributed by atoms with van der Waals surface area (Å²) in [5.41, 5.74) is 0.348. The Kier molecular flexibility index (Phi) is 11.6. The van der Waals surface area contributed by atoms with E-state index >= 15 is 0 Å². The Labute approximate surface area is 256 Å². The van der Waals surface area contributed by atoms with Crippen molar-refractivity contribution in [3.8, 4) is 0 Å². The molecule has 9 nitrogen and oxygen atoms in total. The zero-order valence-electron chi connectivity index (χ0n) is 26.1. The molecule has 1 aromatic rings. The van der Waals surface area contributed by atoms with Gasteiger partial charge in [0.05, 0.1) is 12.5 Å². The molecule has 2 N–H and O–H groups in total. The lowest BCUT2D eigenvalue weighted by atomic mass is 9.88. The number of ether oxygens (including phenoxy) is 2. The van der Waals surface area contributed by atoms with E-state index in [1.54, 1.807) is 24.1 Å². The van der Waals surface area contributed by atoms with Crippen molar-refractivity contribution in [2.45, 2.75) is 102 Å². The first-order valence-electron chi connectivity index (χ1n) is 15.8. The van der Waals surface area contributed by atoms with Gasteiger partial charge in [0.2, 0.25) is 0 Å². The highest BCUT2D eigenvalue weighted by atomic mass is 16.6. The second kappa shape index (κ2) is 15.1. The van der Waals surface area contributed by atoms with Crippen LogP contribution in [0.4, 0.5) is 4.79 Å². The lowest BCUT2D eigenvalue weighted by molar-refractivity contribution is -0.151. The summed E-state index contributed by atoms with van der Waals surface area (Å²) in [6.07, 6.45) is 12.1. The number of carbonyl (C=O) groups excluding carboxylic acids is 2. The Morgan fingerprint density at radius 3 is 2.58 bits per heavy atom. The van der Waals surface area contributed by atoms with Crippen molar-refractivity contribution < 1.29 is 29.3 Å². The molecule has 0 radical (unpaired) electrons. The Balaban J connectivity index is 1.48. The molecule has 0 unspecified atom stereocenters. The number of amides is 1. The largest absolute Gasteiger partial charge is 0.457 e. The summed E-state index contributed by atoms with van der Waals surface area (Å²) >= 11 is 0. The third-order valence-corrected chi connectivity index (χ3v) is 9.08. The van der Waals surface area contributed by atoms with Crippen LogP contribution < -0.4 is 0 Å². The number of piperazine rings is 1. The number of hydrogen-bond acceptors (Lipinski definition) is 8. The van der Waals surface area contributed by atoms with Gasteiger partial charge in [-0.25, -0.2) is 4.79 Å². The lowest BCUT2D eigenvalue weighted by Gasteiger charge is -2.43. The first-order valence-corrected chi connectivity index (χ1v) is 15.8. The van der Waals surface area contributed by atoms with Gasteiger partial charge in [-0.3, -0.25) is 14.7 Å². The number of carbonyl (C=O) groups is 2. The summed E-state index contributed by atoms with van der Waals surface area (Å²) in [6.45, 7) is 10.3. The summed E-state index contributed by atoms with van der Waals surface area (Å²) in [5.74, 6) is -0.683. The number of pyridine rings is 1. The van der Waals surface area contributed by atoms with Crippen molar-refractivity contribution in [2.24, 2.45) is 5.92 Å². The first-order chi connectivity index (χ1) is 20.5. The number of hydrogen-bond donors (Lipinski definition) is 2. The molecule has 3 aliphatic rings. The van der Waals surface area contributed by atoms with E-state index in [1.165, 1.54) is 19.3 Å². The average molecular weight is 596 g/mol. The minimum Gasteiger partial charge on any atom is -0.457 e. The van der Waals surface area contributed by atoms with Gasteiger partial charge in [0.25, 0.3) is 0 Å². The number of rotatable bonds is 6. The summed E-state index contributed by atoms with van der Waals surface area (Å²) in [4.78, 5) is 34.6. The Bertz CT molecular complexity index is 1150. The molecular formula is C34H49N3O6. The minimum atomic E-state index is -1.44. The maximum Gasteiger partial charge on any atom is 0.410 e. The second-order valence-electron chi connectivity index (χ2n) is 12.7. The molecule has 2 fully saturated rings. The van der Waals surface area contributed by atoms with Crippen LogP contribution in [0, 0.1) is 5.92 Å². The van der Waals surface area contributed by atoms with Crippen LogP contribution in [0.3, 0.4) is 0 Å². The van der Waals surface area contributed by atoms with Crippen LogP contribution in [0.25, 0.3) is 0 Å². The van der Waals surface area contributed by atoms with Crippen LogP contribution in [0.5, 0.6) is 0 Å². The highest BCUT2D eigenvalue weighted by Gasteiger charge is 2.37. The van der Waals surface area contributed by atoms with E-state index in [2.05, 4.69) is 16.8 Å². The SMILES string of the molecule is C/C(=C\C=C\[C@H](C)c1ccccn1)[C@H]1OC(=O)C[C@@H](O)CC[C@](C)(O)[C@@H](OC(=O)N2CCN(C3CCC3)CC2)/C=C\[C@@H]1C. The van der Waals surface area contributed by atoms with Crippen molar-refractivity contribution in [3.63, 3.8) is 0 Å². The third kappa shape index (κ3) is 9.24. The minimum absolute atomic E-state index is 0.107. The van der Waals surface area contributed by atoms with E-state index in [1.807, 2.05) is 56.4 Å². The molecule has 1 aliphatic carbocycles. The normalized spacial score (nSPS) is 31.8. The molecule has 3 heterocycles. The number of aliphatic hydroxyl groups is 2. The van der Waals surface area contributed by atoms with Crippen LogP contribution >= 0.6 is 0 Å². The van der Waals surface area contributed by atoms with Crippen molar-refractivity contribution >= 4 is 12.1 Å². The van der Waals surface area contributed by atoms with Crippen LogP contribution in [0.1, 0.15) is 77.8 Å². The Morgan fingerprint density at radius 2 is 1.93 bits per heavy atom. The zero-order chi connectivity index (χ0) is 31.0. The average Bonchev–Trinajstić information content (AvgIpc) is 2.96. The molecule has 6 atom stereocenters.